The van der Waals surface area contributed by atoms with Crippen LogP contribution in [0.4, 0.5) is 28.4 Å². The van der Waals surface area contributed by atoms with E-state index in [0.29, 0.717) is 22.5 Å². The van der Waals surface area contributed by atoms with Crippen LogP contribution < -0.4 is 20.9 Å². The van der Waals surface area contributed by atoms with E-state index in [1.165, 1.54) is 0 Å². The summed E-state index contributed by atoms with van der Waals surface area (Å²) in [5, 5.41) is 28.4. The van der Waals surface area contributed by atoms with E-state index in [1.54, 1.807) is 30.3 Å². The number of nitrogens with zero attached hydrogens (tertiary/aromatic N) is 2. The van der Waals surface area contributed by atoms with Crippen LogP contribution in [0.1, 0.15) is 28.8 Å². The summed E-state index contributed by atoms with van der Waals surface area (Å²) in [6, 6.07) is 22.6. The minimum atomic E-state index is -0.233. The number of hydrogen-bond donors (Lipinski definition) is 4. The molecule has 168 valence electrons. The second-order valence-electron chi connectivity index (χ2n) is 8.04. The molecule has 0 radical (unpaired) electrons. The number of nitrogens with one attached hydrogen (secondary N) is 3. The van der Waals surface area contributed by atoms with Gasteiger partial charge in [0, 0.05) is 48.5 Å². The zero-order chi connectivity index (χ0) is 23.2. The minimum Gasteiger partial charge on any atom is -0.393 e. The SMILES string of the molecule is CNc1ccc(Nc2ccc(NC(=O)c3ccc(N4CCC(O)CC4)cc3)cc2C#N)cc1. The summed E-state index contributed by atoms with van der Waals surface area (Å²) < 4.78 is 0. The van der Waals surface area contributed by atoms with Crippen LogP contribution >= 0.6 is 0 Å². The van der Waals surface area contributed by atoms with E-state index in [9.17, 15) is 15.2 Å². The zero-order valence-corrected chi connectivity index (χ0v) is 18.5. The average Bonchev–Trinajstić information content (AvgIpc) is 2.86. The maximum atomic E-state index is 12.7. The number of hydrogen-bond acceptors (Lipinski definition) is 6. The Morgan fingerprint density at radius 3 is 2.24 bits per heavy atom. The Hall–Kier alpha value is -4.02. The largest absolute Gasteiger partial charge is 0.393 e. The Bertz CT molecular complexity index is 1140. The lowest BCUT2D eigenvalue weighted by molar-refractivity contribution is 0.102. The average molecular weight is 442 g/mol. The van der Waals surface area contributed by atoms with Crippen LogP contribution in [0.15, 0.2) is 66.7 Å². The normalized spacial score (nSPS) is 13.8. The lowest BCUT2D eigenvalue weighted by Gasteiger charge is -2.31. The Kier molecular flexibility index (Phi) is 6.77. The standard InChI is InChI=1S/C26H27N5O2/c1-28-20-4-6-21(7-5-20)29-25-11-8-22(16-19(25)17-27)30-26(33)18-2-9-23(10-3-18)31-14-12-24(32)13-15-31/h2-11,16,24,28-29,32H,12-15H2,1H3,(H,30,33). The van der Waals surface area contributed by atoms with Gasteiger partial charge in [0.2, 0.25) is 0 Å². The van der Waals surface area contributed by atoms with Gasteiger partial charge in [-0.2, -0.15) is 5.26 Å². The highest BCUT2D eigenvalue weighted by Gasteiger charge is 2.17. The molecule has 1 saturated heterocycles. The number of amides is 1. The number of carbonyl (C=O) groups excluding carboxylic acids is 1. The number of benzene rings is 3. The van der Waals surface area contributed by atoms with Crippen molar-refractivity contribution < 1.29 is 9.90 Å². The topological polar surface area (TPSA) is 100 Å². The van der Waals surface area contributed by atoms with Gasteiger partial charge in [-0.1, -0.05) is 0 Å². The first-order valence-electron chi connectivity index (χ1n) is 11.0. The third kappa shape index (κ3) is 5.43. The molecular formula is C26H27N5O2. The number of aliphatic hydroxyl groups excluding tert-OH is 1. The zero-order valence-electron chi connectivity index (χ0n) is 18.5. The van der Waals surface area contributed by atoms with Crippen LogP contribution in [0.5, 0.6) is 0 Å². The van der Waals surface area contributed by atoms with Crippen molar-refractivity contribution in [2.45, 2.75) is 18.9 Å². The van der Waals surface area contributed by atoms with Gasteiger partial charge in [0.25, 0.3) is 5.91 Å². The van der Waals surface area contributed by atoms with E-state index in [0.717, 1.165) is 43.0 Å². The maximum absolute atomic E-state index is 12.7. The van der Waals surface area contributed by atoms with Crippen molar-refractivity contribution in [1.82, 2.24) is 0 Å². The Morgan fingerprint density at radius 2 is 1.61 bits per heavy atom. The first kappa shape index (κ1) is 22.2. The molecule has 4 rings (SSSR count). The number of nitriles is 1. The molecule has 0 saturated carbocycles. The molecule has 1 heterocycles. The fourth-order valence-electron chi connectivity index (χ4n) is 3.85. The van der Waals surface area contributed by atoms with Gasteiger partial charge in [-0.05, 0) is 79.6 Å². The van der Waals surface area contributed by atoms with Gasteiger partial charge >= 0.3 is 0 Å². The van der Waals surface area contributed by atoms with Crippen LogP contribution in [0.2, 0.25) is 0 Å². The van der Waals surface area contributed by atoms with E-state index in [-0.39, 0.29) is 12.0 Å². The summed E-state index contributed by atoms with van der Waals surface area (Å²) in [6.45, 7) is 1.62. The molecule has 0 bridgehead atoms. The van der Waals surface area contributed by atoms with Gasteiger partial charge < -0.3 is 26.0 Å². The van der Waals surface area contributed by atoms with E-state index in [4.69, 9.17) is 0 Å². The van der Waals surface area contributed by atoms with Crippen molar-refractivity contribution in [2.24, 2.45) is 0 Å². The van der Waals surface area contributed by atoms with Gasteiger partial charge in [0.05, 0.1) is 17.4 Å². The Morgan fingerprint density at radius 1 is 0.970 bits per heavy atom. The molecule has 1 amide bonds. The fourth-order valence-corrected chi connectivity index (χ4v) is 3.85. The monoisotopic (exact) mass is 441 g/mol. The highest BCUT2D eigenvalue weighted by molar-refractivity contribution is 6.04. The summed E-state index contributed by atoms with van der Waals surface area (Å²) in [6.07, 6.45) is 1.30. The third-order valence-electron chi connectivity index (χ3n) is 5.81. The number of piperidine rings is 1. The molecule has 0 aliphatic carbocycles. The van der Waals surface area contributed by atoms with Crippen LogP contribution in [0.3, 0.4) is 0 Å². The summed E-state index contributed by atoms with van der Waals surface area (Å²) >= 11 is 0. The number of rotatable bonds is 6. The Labute approximate surface area is 193 Å². The predicted molar refractivity (Wildman–Crippen MR) is 132 cm³/mol. The molecule has 0 spiro atoms. The molecule has 0 unspecified atom stereocenters. The van der Waals surface area contributed by atoms with Crippen LogP contribution in [0, 0.1) is 11.3 Å². The van der Waals surface area contributed by atoms with Crippen LogP contribution in [0.25, 0.3) is 0 Å². The van der Waals surface area contributed by atoms with Crippen molar-refractivity contribution in [3.63, 3.8) is 0 Å². The fraction of sp³-hybridized carbons (Fsp3) is 0.231. The first-order valence-corrected chi connectivity index (χ1v) is 11.0. The van der Waals surface area contributed by atoms with Crippen LogP contribution in [-0.4, -0.2) is 37.3 Å². The van der Waals surface area contributed by atoms with Gasteiger partial charge in [0.15, 0.2) is 0 Å². The highest BCUT2D eigenvalue weighted by Crippen LogP contribution is 2.26. The van der Waals surface area contributed by atoms with Gasteiger partial charge in [-0.15, -0.1) is 0 Å². The minimum absolute atomic E-state index is 0.218. The molecule has 33 heavy (non-hydrogen) atoms. The van der Waals surface area contributed by atoms with E-state index in [1.807, 2.05) is 43.4 Å². The summed E-state index contributed by atoms with van der Waals surface area (Å²) in [4.78, 5) is 14.9. The van der Waals surface area contributed by atoms with Crippen molar-refractivity contribution in [3.8, 4) is 6.07 Å². The van der Waals surface area contributed by atoms with Gasteiger partial charge in [-0.3, -0.25) is 4.79 Å². The Balaban J connectivity index is 1.41. The molecule has 3 aromatic rings. The van der Waals surface area contributed by atoms with Gasteiger partial charge in [0.1, 0.15) is 6.07 Å². The van der Waals surface area contributed by atoms with Crippen molar-refractivity contribution in [2.75, 3.05) is 41.0 Å². The highest BCUT2D eigenvalue weighted by atomic mass is 16.3. The molecule has 1 fully saturated rings. The van der Waals surface area contributed by atoms with Gasteiger partial charge in [-0.25, -0.2) is 0 Å². The lowest BCUT2D eigenvalue weighted by atomic mass is 10.1. The molecular weight excluding hydrogens is 414 g/mol. The predicted octanol–water partition coefficient (Wildman–Crippen LogP) is 4.56. The first-order chi connectivity index (χ1) is 16.1. The second-order valence-corrected chi connectivity index (χ2v) is 8.04. The quantitative estimate of drug-likeness (QED) is 0.448. The molecule has 1 aliphatic rings. The van der Waals surface area contributed by atoms with Crippen LogP contribution in [-0.2, 0) is 0 Å². The summed E-state index contributed by atoms with van der Waals surface area (Å²) in [7, 11) is 1.86. The number of carbonyl (C=O) groups is 1. The van der Waals surface area contributed by atoms with E-state index >= 15 is 0 Å². The molecule has 3 aromatic carbocycles. The third-order valence-corrected chi connectivity index (χ3v) is 5.81. The van der Waals surface area contributed by atoms with E-state index < -0.39 is 0 Å². The second kappa shape index (κ2) is 10.1. The molecule has 1 aliphatic heterocycles. The molecule has 4 N–H and O–H groups in total. The molecule has 7 heteroatoms. The molecule has 0 aromatic heterocycles. The molecule has 7 nitrogen and oxygen atoms in total. The van der Waals surface area contributed by atoms with E-state index in [2.05, 4.69) is 26.9 Å². The summed E-state index contributed by atoms with van der Waals surface area (Å²) in [5.41, 5.74) is 5.12. The maximum Gasteiger partial charge on any atom is 0.255 e. The van der Waals surface area contributed by atoms with Crippen molar-refractivity contribution in [3.05, 3.63) is 77.9 Å². The van der Waals surface area contributed by atoms with Crippen molar-refractivity contribution >= 4 is 34.3 Å². The number of anilines is 5. The number of aliphatic hydroxyl groups is 1. The smallest absolute Gasteiger partial charge is 0.255 e. The van der Waals surface area contributed by atoms with Crippen molar-refractivity contribution in [1.29, 1.82) is 5.26 Å². The molecule has 0 atom stereocenters. The lowest BCUT2D eigenvalue weighted by Crippen LogP contribution is -2.35. The summed E-state index contributed by atoms with van der Waals surface area (Å²) in [5.74, 6) is -0.233.